The molecule has 33 heavy (non-hydrogen) atoms. The van der Waals surface area contributed by atoms with Gasteiger partial charge in [-0.2, -0.15) is 0 Å². The van der Waals surface area contributed by atoms with Crippen LogP contribution in [0.4, 0.5) is 4.79 Å². The molecule has 2 aromatic carbocycles. The van der Waals surface area contributed by atoms with E-state index in [9.17, 15) is 14.4 Å². The van der Waals surface area contributed by atoms with Crippen LogP contribution in [0.25, 0.3) is 11.1 Å². The van der Waals surface area contributed by atoms with Crippen LogP contribution in [0.15, 0.2) is 60.7 Å². The monoisotopic (exact) mass is 450 g/mol. The molecule has 2 amide bonds. The lowest BCUT2D eigenvalue weighted by atomic mass is 9.89. The van der Waals surface area contributed by atoms with Gasteiger partial charge in [-0.05, 0) is 22.3 Å². The summed E-state index contributed by atoms with van der Waals surface area (Å²) in [5.41, 5.74) is 3.32. The number of benzene rings is 2. The Balaban J connectivity index is 1.42. The van der Waals surface area contributed by atoms with Crippen molar-refractivity contribution in [2.75, 3.05) is 26.4 Å². The number of nitrogens with one attached hydrogen (secondary N) is 2. The molecule has 8 nitrogen and oxygen atoms in total. The molecule has 0 spiro atoms. The maximum Gasteiger partial charge on any atom is 0.408 e. The number of carboxylic acid groups (broad SMARTS) is 1. The molecule has 1 aliphatic carbocycles. The van der Waals surface area contributed by atoms with E-state index in [0.29, 0.717) is 26.1 Å². The standard InChI is InChI=1S/C25H26N2O6/c28-22(29)10-5-13-26-23(30)25(11-14-32-15-12-25)27-24(31)33-16-21-19-8-3-1-6-17(19)18-7-2-4-9-20(18)21/h1-10,21H,11-16H2,(H,26,30)(H,27,31)(H,28,29)/b10-5+. The van der Waals surface area contributed by atoms with Crippen LogP contribution in [0.3, 0.4) is 0 Å². The molecule has 3 N–H and O–H groups in total. The van der Waals surface area contributed by atoms with Crippen molar-refractivity contribution in [1.82, 2.24) is 10.6 Å². The van der Waals surface area contributed by atoms with Gasteiger partial charge in [0.1, 0.15) is 12.1 Å². The summed E-state index contributed by atoms with van der Waals surface area (Å²) in [4.78, 5) is 36.2. The number of carbonyl (C=O) groups excluding carboxylic acids is 2. The van der Waals surface area contributed by atoms with Crippen LogP contribution in [0.5, 0.6) is 0 Å². The molecule has 0 saturated carbocycles. The van der Waals surface area contributed by atoms with E-state index in [1.54, 1.807) is 0 Å². The zero-order valence-corrected chi connectivity index (χ0v) is 18.1. The van der Waals surface area contributed by atoms with Crippen molar-refractivity contribution in [3.05, 3.63) is 71.8 Å². The van der Waals surface area contributed by atoms with Crippen molar-refractivity contribution in [2.24, 2.45) is 0 Å². The Kier molecular flexibility index (Phi) is 6.74. The molecule has 0 atom stereocenters. The molecule has 2 aliphatic rings. The van der Waals surface area contributed by atoms with E-state index in [2.05, 4.69) is 22.8 Å². The molecule has 0 unspecified atom stereocenters. The SMILES string of the molecule is O=C(O)/C=C/CNC(=O)C1(NC(=O)OCC2c3ccccc3-c3ccccc32)CCOCC1. The van der Waals surface area contributed by atoms with Crippen LogP contribution >= 0.6 is 0 Å². The summed E-state index contributed by atoms with van der Waals surface area (Å²) >= 11 is 0. The number of ether oxygens (including phenoxy) is 2. The van der Waals surface area contributed by atoms with E-state index in [1.807, 2.05) is 36.4 Å². The van der Waals surface area contributed by atoms with Crippen LogP contribution in [-0.2, 0) is 19.1 Å². The predicted molar refractivity (Wildman–Crippen MR) is 121 cm³/mol. The Morgan fingerprint density at radius 1 is 1.03 bits per heavy atom. The van der Waals surface area contributed by atoms with Crippen LogP contribution in [-0.4, -0.2) is 55.0 Å². The van der Waals surface area contributed by atoms with Gasteiger partial charge in [-0.15, -0.1) is 0 Å². The third-order valence-corrected chi connectivity index (χ3v) is 6.11. The normalized spacial score (nSPS) is 16.6. The van der Waals surface area contributed by atoms with E-state index in [-0.39, 0.29) is 19.1 Å². The van der Waals surface area contributed by atoms with Gasteiger partial charge >= 0.3 is 12.1 Å². The summed E-state index contributed by atoms with van der Waals surface area (Å²) in [6.07, 6.45) is 2.21. The fourth-order valence-corrected chi connectivity index (χ4v) is 4.44. The molecule has 172 valence electrons. The Morgan fingerprint density at radius 2 is 1.64 bits per heavy atom. The van der Waals surface area contributed by atoms with Gasteiger partial charge in [0.05, 0.1) is 0 Å². The van der Waals surface area contributed by atoms with Crippen LogP contribution in [0, 0.1) is 0 Å². The first-order valence-electron chi connectivity index (χ1n) is 10.9. The van der Waals surface area contributed by atoms with Crippen molar-refractivity contribution in [2.45, 2.75) is 24.3 Å². The van der Waals surface area contributed by atoms with Gasteiger partial charge in [0.25, 0.3) is 0 Å². The Hall–Kier alpha value is -3.65. The molecule has 0 aromatic heterocycles. The Labute approximate surface area is 191 Å². The van der Waals surface area contributed by atoms with Crippen LogP contribution in [0.2, 0.25) is 0 Å². The summed E-state index contributed by atoms with van der Waals surface area (Å²) in [6, 6.07) is 16.1. The zero-order valence-electron chi connectivity index (χ0n) is 18.1. The average molecular weight is 450 g/mol. The summed E-state index contributed by atoms with van der Waals surface area (Å²) in [5.74, 6) is -1.57. The lowest BCUT2D eigenvalue weighted by Gasteiger charge is -2.36. The number of hydrogen-bond acceptors (Lipinski definition) is 5. The summed E-state index contributed by atoms with van der Waals surface area (Å²) in [6.45, 7) is 0.833. The number of carboxylic acids is 1. The van der Waals surface area contributed by atoms with Crippen molar-refractivity contribution >= 4 is 18.0 Å². The minimum Gasteiger partial charge on any atom is -0.478 e. The quantitative estimate of drug-likeness (QED) is 0.559. The number of hydrogen-bond donors (Lipinski definition) is 3. The highest BCUT2D eigenvalue weighted by Gasteiger charge is 2.42. The van der Waals surface area contributed by atoms with Crippen molar-refractivity contribution in [3.63, 3.8) is 0 Å². The number of fused-ring (bicyclic) bond motifs is 3. The van der Waals surface area contributed by atoms with Gasteiger partial charge in [0.2, 0.25) is 5.91 Å². The topological polar surface area (TPSA) is 114 Å². The lowest BCUT2D eigenvalue weighted by Crippen LogP contribution is -2.61. The van der Waals surface area contributed by atoms with E-state index < -0.39 is 23.5 Å². The van der Waals surface area contributed by atoms with Gasteiger partial charge in [-0.1, -0.05) is 54.6 Å². The van der Waals surface area contributed by atoms with E-state index in [1.165, 1.54) is 6.08 Å². The third-order valence-electron chi connectivity index (χ3n) is 6.11. The van der Waals surface area contributed by atoms with E-state index in [0.717, 1.165) is 28.3 Å². The Morgan fingerprint density at radius 3 is 2.24 bits per heavy atom. The van der Waals surface area contributed by atoms with Gasteiger partial charge in [-0.25, -0.2) is 9.59 Å². The molecular weight excluding hydrogens is 424 g/mol. The maximum atomic E-state index is 12.9. The van der Waals surface area contributed by atoms with Crippen molar-refractivity contribution < 1.29 is 29.0 Å². The second-order valence-electron chi connectivity index (χ2n) is 8.10. The first-order valence-corrected chi connectivity index (χ1v) is 10.9. The van der Waals surface area contributed by atoms with Gasteiger partial charge in [0.15, 0.2) is 0 Å². The van der Waals surface area contributed by atoms with Crippen LogP contribution in [0.1, 0.15) is 29.9 Å². The van der Waals surface area contributed by atoms with Crippen molar-refractivity contribution in [3.8, 4) is 11.1 Å². The molecule has 0 bridgehead atoms. The number of carbonyl (C=O) groups is 3. The Bertz CT molecular complexity index is 1030. The number of rotatable bonds is 7. The van der Waals surface area contributed by atoms with Gasteiger partial charge in [0, 0.05) is 44.6 Å². The highest BCUT2D eigenvalue weighted by Crippen LogP contribution is 2.44. The second kappa shape index (κ2) is 9.87. The summed E-state index contributed by atoms with van der Waals surface area (Å²) in [7, 11) is 0. The average Bonchev–Trinajstić information content (AvgIpc) is 3.14. The highest BCUT2D eigenvalue weighted by atomic mass is 16.5. The molecule has 1 fully saturated rings. The van der Waals surface area contributed by atoms with E-state index >= 15 is 0 Å². The molecule has 1 aliphatic heterocycles. The molecule has 1 heterocycles. The zero-order chi connectivity index (χ0) is 23.3. The first kappa shape index (κ1) is 22.5. The van der Waals surface area contributed by atoms with Crippen molar-refractivity contribution in [1.29, 1.82) is 0 Å². The fraction of sp³-hybridized carbons (Fsp3) is 0.320. The van der Waals surface area contributed by atoms with Gasteiger partial charge in [-0.3, -0.25) is 4.79 Å². The lowest BCUT2D eigenvalue weighted by molar-refractivity contribution is -0.132. The third kappa shape index (κ3) is 4.90. The van der Waals surface area contributed by atoms with Crippen LogP contribution < -0.4 is 10.6 Å². The second-order valence-corrected chi connectivity index (χ2v) is 8.10. The summed E-state index contributed by atoms with van der Waals surface area (Å²) in [5, 5.41) is 14.1. The minimum absolute atomic E-state index is 0.0418. The predicted octanol–water partition coefficient (Wildman–Crippen LogP) is 2.83. The highest BCUT2D eigenvalue weighted by molar-refractivity contribution is 5.90. The first-order chi connectivity index (χ1) is 16.0. The van der Waals surface area contributed by atoms with Gasteiger partial charge < -0.3 is 25.2 Å². The molecular formula is C25H26N2O6. The molecule has 8 heteroatoms. The number of amides is 2. The molecule has 1 saturated heterocycles. The summed E-state index contributed by atoms with van der Waals surface area (Å²) < 4.78 is 11.0. The maximum absolute atomic E-state index is 12.9. The molecule has 2 aromatic rings. The smallest absolute Gasteiger partial charge is 0.408 e. The number of alkyl carbamates (subject to hydrolysis) is 1. The fourth-order valence-electron chi connectivity index (χ4n) is 4.44. The molecule has 0 radical (unpaired) electrons. The minimum atomic E-state index is -1.17. The number of aliphatic carboxylic acids is 1. The largest absolute Gasteiger partial charge is 0.478 e. The van der Waals surface area contributed by atoms with E-state index in [4.69, 9.17) is 14.6 Å². The molecule has 4 rings (SSSR count).